The summed E-state index contributed by atoms with van der Waals surface area (Å²) >= 11 is 0. The molecule has 0 atom stereocenters. The predicted molar refractivity (Wildman–Crippen MR) is 74.3 cm³/mol. The third kappa shape index (κ3) is 2.59. The molecule has 0 N–H and O–H groups in total. The van der Waals surface area contributed by atoms with Crippen LogP contribution in [-0.4, -0.2) is 11.8 Å². The summed E-state index contributed by atoms with van der Waals surface area (Å²) in [5.74, 6) is 0.336. The number of hydrogen-bond donors (Lipinski definition) is 0. The Morgan fingerprint density at radius 1 is 1.40 bits per heavy atom. The van der Waals surface area contributed by atoms with E-state index >= 15 is 0 Å². The van der Waals surface area contributed by atoms with E-state index in [2.05, 4.69) is 0 Å². The van der Waals surface area contributed by atoms with Gasteiger partial charge in [0.05, 0.1) is 18.5 Å². The number of anilines is 1. The highest BCUT2D eigenvalue weighted by molar-refractivity contribution is 5.94. The molecule has 0 spiro atoms. The maximum atomic E-state index is 14.3. The zero-order chi connectivity index (χ0) is 14.1. The lowest BCUT2D eigenvalue weighted by Crippen LogP contribution is -2.25. The van der Waals surface area contributed by atoms with Gasteiger partial charge in [-0.3, -0.25) is 4.79 Å². The Kier molecular flexibility index (Phi) is 3.30. The number of Topliss-reactive ketones (excluding diaryl/α,β-unsaturated/α-hetero) is 1. The third-order valence-corrected chi connectivity index (χ3v) is 3.56. The van der Waals surface area contributed by atoms with E-state index in [1.54, 1.807) is 18.4 Å². The lowest BCUT2D eigenvalue weighted by Gasteiger charge is -2.24. The second-order valence-electron chi connectivity index (χ2n) is 5.16. The molecule has 1 fully saturated rings. The van der Waals surface area contributed by atoms with Crippen LogP contribution in [0.15, 0.2) is 41.0 Å². The summed E-state index contributed by atoms with van der Waals surface area (Å²) in [4.78, 5) is 13.3. The van der Waals surface area contributed by atoms with Crippen molar-refractivity contribution in [2.24, 2.45) is 0 Å². The molecular formula is C16H16FNO2. The number of benzene rings is 1. The highest BCUT2D eigenvalue weighted by atomic mass is 19.1. The summed E-state index contributed by atoms with van der Waals surface area (Å²) in [7, 11) is 0. The van der Waals surface area contributed by atoms with Gasteiger partial charge in [-0.25, -0.2) is 4.39 Å². The summed E-state index contributed by atoms with van der Waals surface area (Å²) in [6, 6.07) is 8.76. The van der Waals surface area contributed by atoms with Gasteiger partial charge in [-0.1, -0.05) is 0 Å². The Bertz CT molecular complexity index is 617. The van der Waals surface area contributed by atoms with Gasteiger partial charge >= 0.3 is 0 Å². The molecule has 1 heterocycles. The predicted octanol–water partition coefficient (Wildman–Crippen LogP) is 3.79. The van der Waals surface area contributed by atoms with Crippen LogP contribution in [0, 0.1) is 5.82 Å². The molecule has 1 saturated carbocycles. The molecule has 0 amide bonds. The molecule has 1 aromatic carbocycles. The number of nitrogens with zero attached hydrogens (tertiary/aromatic N) is 1. The van der Waals surface area contributed by atoms with Crippen molar-refractivity contribution in [1.82, 2.24) is 0 Å². The molecule has 104 valence electrons. The minimum atomic E-state index is -0.351. The van der Waals surface area contributed by atoms with Crippen molar-refractivity contribution in [3.05, 3.63) is 53.7 Å². The first-order valence-electron chi connectivity index (χ1n) is 6.74. The summed E-state index contributed by atoms with van der Waals surface area (Å²) in [6.07, 6.45) is 3.75. The van der Waals surface area contributed by atoms with E-state index in [1.165, 1.54) is 13.0 Å². The first kappa shape index (κ1) is 12.9. The smallest absolute Gasteiger partial charge is 0.159 e. The molecule has 3 nitrogen and oxygen atoms in total. The second-order valence-corrected chi connectivity index (χ2v) is 5.16. The van der Waals surface area contributed by atoms with Gasteiger partial charge < -0.3 is 9.32 Å². The summed E-state index contributed by atoms with van der Waals surface area (Å²) in [5, 5.41) is 0. The Balaban J connectivity index is 1.89. The first-order chi connectivity index (χ1) is 9.65. The third-order valence-electron chi connectivity index (χ3n) is 3.56. The van der Waals surface area contributed by atoms with E-state index in [1.807, 2.05) is 17.0 Å². The molecular weight excluding hydrogens is 257 g/mol. The standard InChI is InChI=1S/C16H16FNO2/c1-11(19)12-4-7-16(15(17)9-12)18(13-5-6-13)10-14-3-2-8-20-14/h2-4,7-9,13H,5-6,10H2,1H3. The molecule has 0 saturated heterocycles. The molecule has 0 unspecified atom stereocenters. The Morgan fingerprint density at radius 3 is 2.75 bits per heavy atom. The van der Waals surface area contributed by atoms with E-state index in [-0.39, 0.29) is 11.6 Å². The Hall–Kier alpha value is -2.10. The molecule has 0 aliphatic heterocycles. The van der Waals surface area contributed by atoms with Crippen LogP contribution >= 0.6 is 0 Å². The van der Waals surface area contributed by atoms with E-state index < -0.39 is 0 Å². The van der Waals surface area contributed by atoms with E-state index in [9.17, 15) is 9.18 Å². The average molecular weight is 273 g/mol. The van der Waals surface area contributed by atoms with E-state index in [4.69, 9.17) is 4.42 Å². The van der Waals surface area contributed by atoms with E-state index in [0.29, 0.717) is 23.8 Å². The number of halogens is 1. The fourth-order valence-electron chi connectivity index (χ4n) is 2.33. The minimum absolute atomic E-state index is 0.126. The number of hydrogen-bond acceptors (Lipinski definition) is 3. The van der Waals surface area contributed by atoms with Crippen molar-refractivity contribution in [2.75, 3.05) is 4.90 Å². The largest absolute Gasteiger partial charge is 0.467 e. The molecule has 1 aliphatic carbocycles. The van der Waals surface area contributed by atoms with Gasteiger partial charge in [0.1, 0.15) is 11.6 Å². The maximum absolute atomic E-state index is 14.3. The van der Waals surface area contributed by atoms with Crippen molar-refractivity contribution in [1.29, 1.82) is 0 Å². The lowest BCUT2D eigenvalue weighted by molar-refractivity contribution is 0.101. The monoisotopic (exact) mass is 273 g/mol. The van der Waals surface area contributed by atoms with Gasteiger partial charge in [-0.05, 0) is 50.1 Å². The van der Waals surface area contributed by atoms with Gasteiger partial charge in [0, 0.05) is 11.6 Å². The Morgan fingerprint density at radius 2 is 2.20 bits per heavy atom. The first-order valence-corrected chi connectivity index (χ1v) is 6.74. The number of ketones is 1. The van der Waals surface area contributed by atoms with Gasteiger partial charge in [0.25, 0.3) is 0 Å². The molecule has 3 rings (SSSR count). The minimum Gasteiger partial charge on any atom is -0.467 e. The van der Waals surface area contributed by atoms with Crippen LogP contribution < -0.4 is 4.90 Å². The van der Waals surface area contributed by atoms with Crippen molar-refractivity contribution in [3.8, 4) is 0 Å². The summed E-state index contributed by atoms with van der Waals surface area (Å²) < 4.78 is 19.6. The van der Waals surface area contributed by atoms with Gasteiger partial charge in [-0.15, -0.1) is 0 Å². The number of rotatable bonds is 5. The molecule has 1 aromatic heterocycles. The fourth-order valence-corrected chi connectivity index (χ4v) is 2.33. The topological polar surface area (TPSA) is 33.5 Å². The molecule has 1 aliphatic rings. The summed E-state index contributed by atoms with van der Waals surface area (Å²) in [6.45, 7) is 1.99. The number of furan rings is 1. The van der Waals surface area contributed by atoms with Crippen molar-refractivity contribution in [2.45, 2.75) is 32.4 Å². The molecule has 4 heteroatoms. The van der Waals surface area contributed by atoms with Crippen molar-refractivity contribution >= 4 is 11.5 Å². The highest BCUT2D eigenvalue weighted by Gasteiger charge is 2.31. The van der Waals surface area contributed by atoms with Crippen LogP contribution in [0.2, 0.25) is 0 Å². The normalized spacial score (nSPS) is 14.3. The van der Waals surface area contributed by atoms with Crippen LogP contribution in [0.3, 0.4) is 0 Å². The van der Waals surface area contributed by atoms with Gasteiger partial charge in [0.15, 0.2) is 5.78 Å². The number of carbonyl (C=O) groups is 1. The number of carbonyl (C=O) groups excluding carboxylic acids is 1. The van der Waals surface area contributed by atoms with Crippen LogP contribution in [-0.2, 0) is 6.54 Å². The zero-order valence-electron chi connectivity index (χ0n) is 11.3. The molecule has 20 heavy (non-hydrogen) atoms. The molecule has 2 aromatic rings. The van der Waals surface area contributed by atoms with Crippen LogP contribution in [0.25, 0.3) is 0 Å². The highest BCUT2D eigenvalue weighted by Crippen LogP contribution is 2.34. The van der Waals surface area contributed by atoms with E-state index in [0.717, 1.165) is 18.6 Å². The maximum Gasteiger partial charge on any atom is 0.159 e. The second kappa shape index (κ2) is 5.12. The van der Waals surface area contributed by atoms with Gasteiger partial charge in [0.2, 0.25) is 0 Å². The zero-order valence-corrected chi connectivity index (χ0v) is 11.3. The SMILES string of the molecule is CC(=O)c1ccc(N(Cc2ccco2)C2CC2)c(F)c1. The van der Waals surface area contributed by atoms with Crippen LogP contribution in [0.4, 0.5) is 10.1 Å². The van der Waals surface area contributed by atoms with Gasteiger partial charge in [-0.2, -0.15) is 0 Å². The fraction of sp³-hybridized carbons (Fsp3) is 0.312. The quantitative estimate of drug-likeness (QED) is 0.777. The molecule has 0 bridgehead atoms. The average Bonchev–Trinajstić information content (AvgIpc) is 3.14. The van der Waals surface area contributed by atoms with Crippen molar-refractivity contribution in [3.63, 3.8) is 0 Å². The lowest BCUT2D eigenvalue weighted by atomic mass is 10.1. The van der Waals surface area contributed by atoms with Crippen LogP contribution in [0.5, 0.6) is 0 Å². The Labute approximate surface area is 117 Å². The van der Waals surface area contributed by atoms with Crippen molar-refractivity contribution < 1.29 is 13.6 Å². The molecule has 0 radical (unpaired) electrons. The summed E-state index contributed by atoms with van der Waals surface area (Å²) in [5.41, 5.74) is 0.939. The van der Waals surface area contributed by atoms with Crippen LogP contribution in [0.1, 0.15) is 35.9 Å².